The van der Waals surface area contributed by atoms with Crippen LogP contribution in [0.15, 0.2) is 22.7 Å². The zero-order chi connectivity index (χ0) is 15.4. The predicted octanol–water partition coefficient (Wildman–Crippen LogP) is 2.13. The van der Waals surface area contributed by atoms with Crippen molar-refractivity contribution in [3.05, 3.63) is 24.1 Å². The van der Waals surface area contributed by atoms with Crippen molar-refractivity contribution in [3.63, 3.8) is 0 Å². The van der Waals surface area contributed by atoms with Gasteiger partial charge in [0.1, 0.15) is 0 Å². The second kappa shape index (κ2) is 6.29. The first kappa shape index (κ1) is 14.9. The zero-order valence-corrected chi connectivity index (χ0v) is 11.3. The average Bonchev–Trinajstić information content (AvgIpc) is 2.94. The number of benzene rings is 1. The Labute approximate surface area is 118 Å². The zero-order valence-electron chi connectivity index (χ0n) is 11.3. The maximum atomic E-state index is 12.2. The van der Waals surface area contributed by atoms with Gasteiger partial charge in [-0.2, -0.15) is 4.98 Å². The third kappa shape index (κ3) is 3.33. The van der Waals surface area contributed by atoms with E-state index in [-0.39, 0.29) is 11.7 Å². The molecule has 0 aliphatic rings. The van der Waals surface area contributed by atoms with Crippen LogP contribution in [0, 0.1) is 0 Å². The first-order valence-corrected chi connectivity index (χ1v) is 5.91. The molecule has 0 spiro atoms. The molecule has 0 radical (unpaired) electrons. The van der Waals surface area contributed by atoms with Gasteiger partial charge in [0.25, 0.3) is 6.43 Å². The minimum absolute atomic E-state index is 0.162. The summed E-state index contributed by atoms with van der Waals surface area (Å²) in [5.41, 5.74) is 0.548. The molecule has 6 nitrogen and oxygen atoms in total. The van der Waals surface area contributed by atoms with Crippen molar-refractivity contribution in [2.24, 2.45) is 0 Å². The van der Waals surface area contributed by atoms with E-state index in [0.717, 1.165) is 0 Å². The first-order valence-electron chi connectivity index (χ1n) is 5.91. The second-order valence-corrected chi connectivity index (χ2v) is 4.03. The summed E-state index contributed by atoms with van der Waals surface area (Å²) < 4.78 is 39.3. The van der Waals surface area contributed by atoms with E-state index in [4.69, 9.17) is 14.0 Å². The molecule has 0 saturated carbocycles. The van der Waals surface area contributed by atoms with Crippen LogP contribution in [-0.2, 0) is 11.2 Å². The van der Waals surface area contributed by atoms with Crippen molar-refractivity contribution in [2.45, 2.75) is 12.8 Å². The largest absolute Gasteiger partial charge is 0.493 e. The summed E-state index contributed by atoms with van der Waals surface area (Å²) in [7, 11) is 2.98. The molecule has 0 unspecified atom stereocenters. The lowest BCUT2D eigenvalue weighted by Gasteiger charge is -2.07. The summed E-state index contributed by atoms with van der Waals surface area (Å²) in [5.74, 6) is -0.265. The average molecular weight is 298 g/mol. The highest BCUT2D eigenvalue weighted by atomic mass is 19.3. The number of carbonyl (C=O) groups excluding carboxylic acids is 1. The van der Waals surface area contributed by atoms with Crippen LogP contribution in [0.3, 0.4) is 0 Å². The summed E-state index contributed by atoms with van der Waals surface area (Å²) in [6.07, 6.45) is -3.65. The Bertz CT molecular complexity index is 643. The number of aromatic nitrogens is 2. The van der Waals surface area contributed by atoms with Crippen LogP contribution in [0.5, 0.6) is 11.5 Å². The lowest BCUT2D eigenvalue weighted by Crippen LogP contribution is -2.12. The molecule has 0 amide bonds. The quantitative estimate of drug-likeness (QED) is 0.813. The van der Waals surface area contributed by atoms with Gasteiger partial charge in [-0.25, -0.2) is 8.78 Å². The monoisotopic (exact) mass is 298 g/mol. The fraction of sp³-hybridized carbons (Fsp3) is 0.308. The first-order chi connectivity index (χ1) is 10.0. The standard InChI is InChI=1S/C13H12F2N2O4/c1-19-9-4-3-7(5-10(9)20-2)13-16-11(21-17-13)6-8(18)12(14)15/h3-5,12H,6H2,1-2H3. The predicted molar refractivity (Wildman–Crippen MR) is 67.6 cm³/mol. The Morgan fingerprint density at radius 2 is 2.00 bits per heavy atom. The molecular formula is C13H12F2N2O4. The van der Waals surface area contributed by atoms with Crippen molar-refractivity contribution in [1.29, 1.82) is 0 Å². The van der Waals surface area contributed by atoms with E-state index in [9.17, 15) is 13.6 Å². The highest BCUT2D eigenvalue weighted by Crippen LogP contribution is 2.31. The van der Waals surface area contributed by atoms with Crippen LogP contribution in [0.2, 0.25) is 0 Å². The van der Waals surface area contributed by atoms with Crippen molar-refractivity contribution < 1.29 is 27.6 Å². The summed E-state index contributed by atoms with van der Waals surface area (Å²) in [4.78, 5) is 14.8. The van der Waals surface area contributed by atoms with E-state index in [1.807, 2.05) is 0 Å². The number of rotatable bonds is 6. The minimum Gasteiger partial charge on any atom is -0.493 e. The molecule has 0 aliphatic carbocycles. The van der Waals surface area contributed by atoms with Crippen LogP contribution >= 0.6 is 0 Å². The van der Waals surface area contributed by atoms with Gasteiger partial charge in [-0.1, -0.05) is 5.16 Å². The van der Waals surface area contributed by atoms with Gasteiger partial charge in [-0.05, 0) is 18.2 Å². The molecule has 0 saturated heterocycles. The third-order valence-corrected chi connectivity index (χ3v) is 2.68. The van der Waals surface area contributed by atoms with Crippen LogP contribution in [-0.4, -0.2) is 36.6 Å². The molecular weight excluding hydrogens is 286 g/mol. The van der Waals surface area contributed by atoms with Gasteiger partial charge >= 0.3 is 0 Å². The Morgan fingerprint density at radius 1 is 1.29 bits per heavy atom. The molecule has 0 N–H and O–H groups in total. The van der Waals surface area contributed by atoms with E-state index in [0.29, 0.717) is 17.1 Å². The summed E-state index contributed by atoms with van der Waals surface area (Å²) in [6.45, 7) is 0. The van der Waals surface area contributed by atoms with E-state index >= 15 is 0 Å². The molecule has 21 heavy (non-hydrogen) atoms. The highest BCUT2D eigenvalue weighted by Gasteiger charge is 2.20. The summed E-state index contributed by atoms with van der Waals surface area (Å²) in [6, 6.07) is 4.92. The highest BCUT2D eigenvalue weighted by molar-refractivity contribution is 5.83. The lowest BCUT2D eigenvalue weighted by atomic mass is 10.2. The summed E-state index contributed by atoms with van der Waals surface area (Å²) in [5, 5.41) is 3.65. The maximum absolute atomic E-state index is 12.2. The second-order valence-electron chi connectivity index (χ2n) is 4.03. The number of hydrogen-bond acceptors (Lipinski definition) is 6. The Hall–Kier alpha value is -2.51. The number of halogens is 2. The smallest absolute Gasteiger partial charge is 0.296 e. The normalized spacial score (nSPS) is 10.7. The van der Waals surface area contributed by atoms with Crippen LogP contribution < -0.4 is 9.47 Å². The molecule has 1 aromatic heterocycles. The molecule has 2 rings (SSSR count). The van der Waals surface area contributed by atoms with Gasteiger partial charge < -0.3 is 14.0 Å². The molecule has 1 aromatic carbocycles. The third-order valence-electron chi connectivity index (χ3n) is 2.68. The molecule has 112 valence electrons. The van der Waals surface area contributed by atoms with Gasteiger partial charge in [0.2, 0.25) is 17.5 Å². The number of methoxy groups -OCH3 is 2. The van der Waals surface area contributed by atoms with Gasteiger partial charge in [0, 0.05) is 5.56 Å². The molecule has 2 aromatic rings. The number of ketones is 1. The molecule has 0 atom stereocenters. The van der Waals surface area contributed by atoms with Crippen molar-refractivity contribution in [2.75, 3.05) is 14.2 Å². The van der Waals surface area contributed by atoms with E-state index in [1.54, 1.807) is 18.2 Å². The number of carbonyl (C=O) groups is 1. The number of alkyl halides is 2. The van der Waals surface area contributed by atoms with Crippen molar-refractivity contribution >= 4 is 5.78 Å². The number of Topliss-reactive ketones (excluding diaryl/α,β-unsaturated/α-hetero) is 1. The molecule has 8 heteroatoms. The van der Waals surface area contributed by atoms with E-state index in [1.165, 1.54) is 14.2 Å². The fourth-order valence-electron chi connectivity index (χ4n) is 1.65. The van der Waals surface area contributed by atoms with Crippen LogP contribution in [0.1, 0.15) is 5.89 Å². The molecule has 0 fully saturated rings. The SMILES string of the molecule is COc1ccc(-c2noc(CC(=O)C(F)F)n2)cc1OC. The Kier molecular flexibility index (Phi) is 4.46. The van der Waals surface area contributed by atoms with Crippen LogP contribution in [0.25, 0.3) is 11.4 Å². The van der Waals surface area contributed by atoms with E-state index < -0.39 is 18.6 Å². The molecule has 0 aliphatic heterocycles. The lowest BCUT2D eigenvalue weighted by molar-refractivity contribution is -0.129. The summed E-state index contributed by atoms with van der Waals surface area (Å²) >= 11 is 0. The minimum atomic E-state index is -3.05. The van der Waals surface area contributed by atoms with Gasteiger partial charge in [0.05, 0.1) is 20.6 Å². The topological polar surface area (TPSA) is 74.5 Å². The van der Waals surface area contributed by atoms with Crippen molar-refractivity contribution in [3.8, 4) is 22.9 Å². The number of ether oxygens (including phenoxy) is 2. The maximum Gasteiger partial charge on any atom is 0.296 e. The Morgan fingerprint density at radius 3 is 2.62 bits per heavy atom. The van der Waals surface area contributed by atoms with Gasteiger partial charge in [0.15, 0.2) is 11.5 Å². The van der Waals surface area contributed by atoms with Crippen LogP contribution in [0.4, 0.5) is 8.78 Å². The van der Waals surface area contributed by atoms with Gasteiger partial charge in [-0.15, -0.1) is 0 Å². The Balaban J connectivity index is 2.23. The van der Waals surface area contributed by atoms with E-state index in [2.05, 4.69) is 10.1 Å². The van der Waals surface area contributed by atoms with Crippen molar-refractivity contribution in [1.82, 2.24) is 10.1 Å². The van der Waals surface area contributed by atoms with Gasteiger partial charge in [-0.3, -0.25) is 4.79 Å². The molecule has 0 bridgehead atoms. The fourth-order valence-corrected chi connectivity index (χ4v) is 1.65. The number of nitrogens with zero attached hydrogens (tertiary/aromatic N) is 2. The molecule has 1 heterocycles. The number of hydrogen-bond donors (Lipinski definition) is 0.